The van der Waals surface area contributed by atoms with Crippen LogP contribution in [-0.2, 0) is 22.6 Å². The third-order valence-corrected chi connectivity index (χ3v) is 5.90. The summed E-state index contributed by atoms with van der Waals surface area (Å²) in [4.78, 5) is 33.6. The molecule has 0 saturated carbocycles. The Hall–Kier alpha value is -3.81. The standard InChI is InChI=1S/C27H32N4O4/c1-18-21-10-6-7-11-22(21)34-23(18)17-30(5)24(32)13-12-20-15-29-25-19(9-8-14-28-25)16-31(20)26(33)35-27(2,3)4/h6-14,20H,15-17H2,1-5H3,(H,28,29). The molecule has 0 spiro atoms. The number of para-hydroxylation sites is 1. The van der Waals surface area contributed by atoms with Crippen molar-refractivity contribution in [2.45, 2.75) is 52.4 Å². The molecule has 0 fully saturated rings. The van der Waals surface area contributed by atoms with Gasteiger partial charge >= 0.3 is 6.09 Å². The van der Waals surface area contributed by atoms with Crippen molar-refractivity contribution in [1.82, 2.24) is 14.8 Å². The fourth-order valence-electron chi connectivity index (χ4n) is 4.02. The Kier molecular flexibility index (Phi) is 6.82. The zero-order valence-electron chi connectivity index (χ0n) is 20.9. The summed E-state index contributed by atoms with van der Waals surface area (Å²) in [6.07, 6.45) is 4.51. The van der Waals surface area contributed by atoms with Gasteiger partial charge in [0.2, 0.25) is 5.91 Å². The maximum Gasteiger partial charge on any atom is 0.411 e. The fraction of sp³-hybridized carbons (Fsp3) is 0.370. The molecule has 2 aromatic heterocycles. The number of amides is 2. The van der Waals surface area contributed by atoms with Crippen LogP contribution in [0.2, 0.25) is 0 Å². The Bertz CT molecular complexity index is 1260. The zero-order valence-corrected chi connectivity index (χ0v) is 20.9. The summed E-state index contributed by atoms with van der Waals surface area (Å²) in [7, 11) is 1.73. The number of ether oxygens (including phenoxy) is 1. The molecule has 0 bridgehead atoms. The lowest BCUT2D eigenvalue weighted by Gasteiger charge is -2.30. The highest BCUT2D eigenvalue weighted by atomic mass is 16.6. The Morgan fingerprint density at radius 2 is 2.03 bits per heavy atom. The highest BCUT2D eigenvalue weighted by Gasteiger charge is 2.30. The quantitative estimate of drug-likeness (QED) is 0.540. The third kappa shape index (κ3) is 5.65. The molecule has 1 atom stereocenters. The largest absolute Gasteiger partial charge is 0.459 e. The summed E-state index contributed by atoms with van der Waals surface area (Å²) < 4.78 is 11.6. The third-order valence-electron chi connectivity index (χ3n) is 5.90. The molecule has 8 heteroatoms. The average molecular weight is 477 g/mol. The summed E-state index contributed by atoms with van der Waals surface area (Å²) in [5.74, 6) is 1.29. The van der Waals surface area contributed by atoms with Gasteiger partial charge in [0.1, 0.15) is 22.8 Å². The molecule has 1 aliphatic heterocycles. The average Bonchev–Trinajstić information content (AvgIpc) is 3.00. The molecule has 35 heavy (non-hydrogen) atoms. The normalized spacial score (nSPS) is 16.0. The summed E-state index contributed by atoms with van der Waals surface area (Å²) in [5.41, 5.74) is 2.09. The Balaban J connectivity index is 1.50. The fourth-order valence-corrected chi connectivity index (χ4v) is 4.02. The van der Waals surface area contributed by atoms with E-state index in [1.54, 1.807) is 29.1 Å². The lowest BCUT2D eigenvalue weighted by atomic mass is 10.1. The molecule has 0 radical (unpaired) electrons. The number of carbonyl (C=O) groups is 2. The van der Waals surface area contributed by atoms with Crippen LogP contribution in [0.25, 0.3) is 11.0 Å². The van der Waals surface area contributed by atoms with Gasteiger partial charge in [-0.2, -0.15) is 0 Å². The Morgan fingerprint density at radius 1 is 1.26 bits per heavy atom. The highest BCUT2D eigenvalue weighted by Crippen LogP contribution is 2.26. The van der Waals surface area contributed by atoms with Gasteiger partial charge in [-0.1, -0.05) is 30.3 Å². The van der Waals surface area contributed by atoms with Crippen LogP contribution in [0.4, 0.5) is 10.6 Å². The van der Waals surface area contributed by atoms with E-state index in [1.165, 1.54) is 6.08 Å². The van der Waals surface area contributed by atoms with Crippen molar-refractivity contribution in [3.63, 3.8) is 0 Å². The van der Waals surface area contributed by atoms with E-state index in [2.05, 4.69) is 10.3 Å². The lowest BCUT2D eigenvalue weighted by Crippen LogP contribution is -2.44. The molecule has 1 N–H and O–H groups in total. The SMILES string of the molecule is Cc1c(CN(C)C(=O)C=CC2CNc3ncccc3CN2C(=O)OC(C)(C)C)oc2ccccc12. The number of likely N-dealkylation sites (N-methyl/N-ethyl adjacent to an activating group) is 1. The van der Waals surface area contributed by atoms with Gasteiger partial charge < -0.3 is 19.4 Å². The minimum atomic E-state index is -0.636. The van der Waals surface area contributed by atoms with Gasteiger partial charge in [0, 0.05) is 42.4 Å². The molecule has 2 amide bonds. The molecule has 4 rings (SSSR count). The lowest BCUT2D eigenvalue weighted by molar-refractivity contribution is -0.125. The van der Waals surface area contributed by atoms with Crippen molar-refractivity contribution in [3.8, 4) is 0 Å². The number of pyridine rings is 1. The van der Waals surface area contributed by atoms with Gasteiger partial charge in [-0.3, -0.25) is 9.69 Å². The van der Waals surface area contributed by atoms with E-state index in [-0.39, 0.29) is 5.91 Å². The van der Waals surface area contributed by atoms with Crippen molar-refractivity contribution < 1.29 is 18.7 Å². The minimum absolute atomic E-state index is 0.186. The van der Waals surface area contributed by atoms with E-state index in [4.69, 9.17) is 9.15 Å². The molecule has 184 valence electrons. The minimum Gasteiger partial charge on any atom is -0.459 e. The Labute approximate surface area is 205 Å². The highest BCUT2D eigenvalue weighted by molar-refractivity contribution is 5.88. The number of anilines is 1. The number of aromatic nitrogens is 1. The van der Waals surface area contributed by atoms with Gasteiger partial charge in [-0.05, 0) is 39.8 Å². The van der Waals surface area contributed by atoms with Gasteiger partial charge in [0.15, 0.2) is 0 Å². The second-order valence-electron chi connectivity index (χ2n) is 9.77. The molecule has 3 aromatic rings. The summed E-state index contributed by atoms with van der Waals surface area (Å²) in [6.45, 7) is 8.57. The molecule has 3 heterocycles. The number of benzene rings is 1. The number of hydrogen-bond acceptors (Lipinski definition) is 6. The molecular weight excluding hydrogens is 444 g/mol. The smallest absolute Gasteiger partial charge is 0.411 e. The summed E-state index contributed by atoms with van der Waals surface area (Å²) in [5, 5.41) is 4.33. The first-order chi connectivity index (χ1) is 16.6. The number of carbonyl (C=O) groups excluding carboxylic acids is 2. The van der Waals surface area contributed by atoms with Crippen molar-refractivity contribution in [1.29, 1.82) is 0 Å². The van der Waals surface area contributed by atoms with Crippen LogP contribution < -0.4 is 5.32 Å². The van der Waals surface area contributed by atoms with Crippen LogP contribution in [0.1, 0.15) is 37.7 Å². The number of fused-ring (bicyclic) bond motifs is 2. The van der Waals surface area contributed by atoms with Crippen LogP contribution in [-0.4, -0.2) is 52.0 Å². The summed E-state index contributed by atoms with van der Waals surface area (Å²) >= 11 is 0. The molecule has 8 nitrogen and oxygen atoms in total. The maximum absolute atomic E-state index is 13.0. The predicted molar refractivity (Wildman–Crippen MR) is 135 cm³/mol. The number of hydrogen-bond donors (Lipinski definition) is 1. The van der Waals surface area contributed by atoms with Crippen LogP contribution in [0, 0.1) is 6.92 Å². The number of nitrogens with one attached hydrogen (secondary N) is 1. The van der Waals surface area contributed by atoms with Crippen LogP contribution >= 0.6 is 0 Å². The predicted octanol–water partition coefficient (Wildman–Crippen LogP) is 4.88. The number of rotatable bonds is 4. The monoisotopic (exact) mass is 476 g/mol. The van der Waals surface area contributed by atoms with Crippen molar-refractivity contribution in [2.24, 2.45) is 0 Å². The number of furan rings is 1. The number of nitrogens with zero attached hydrogens (tertiary/aromatic N) is 3. The Morgan fingerprint density at radius 3 is 2.77 bits per heavy atom. The van der Waals surface area contributed by atoms with E-state index < -0.39 is 17.7 Å². The topological polar surface area (TPSA) is 87.9 Å². The first kappa shape index (κ1) is 24.3. The maximum atomic E-state index is 13.0. The van der Waals surface area contributed by atoms with Gasteiger partial charge in [0.25, 0.3) is 0 Å². The van der Waals surface area contributed by atoms with E-state index in [0.29, 0.717) is 19.6 Å². The van der Waals surface area contributed by atoms with E-state index in [1.807, 2.05) is 64.1 Å². The zero-order chi connectivity index (χ0) is 25.2. The molecule has 0 aliphatic carbocycles. The van der Waals surface area contributed by atoms with Crippen molar-refractivity contribution in [2.75, 3.05) is 18.9 Å². The molecule has 1 unspecified atom stereocenters. The van der Waals surface area contributed by atoms with Gasteiger partial charge in [-0.15, -0.1) is 0 Å². The van der Waals surface area contributed by atoms with Crippen LogP contribution in [0.15, 0.2) is 59.2 Å². The second-order valence-corrected chi connectivity index (χ2v) is 9.77. The molecule has 1 aliphatic rings. The van der Waals surface area contributed by atoms with Crippen molar-refractivity contribution >= 4 is 28.8 Å². The van der Waals surface area contributed by atoms with Crippen molar-refractivity contribution in [3.05, 3.63) is 71.6 Å². The van der Waals surface area contributed by atoms with Crippen LogP contribution in [0.5, 0.6) is 0 Å². The number of aryl methyl sites for hydroxylation is 1. The first-order valence-corrected chi connectivity index (χ1v) is 11.7. The second kappa shape index (κ2) is 9.82. The molecular formula is C27H32N4O4. The van der Waals surface area contributed by atoms with Gasteiger partial charge in [0.05, 0.1) is 19.1 Å². The van der Waals surface area contributed by atoms with E-state index in [0.717, 1.165) is 33.7 Å². The van der Waals surface area contributed by atoms with E-state index in [9.17, 15) is 9.59 Å². The van der Waals surface area contributed by atoms with E-state index >= 15 is 0 Å². The molecule has 0 saturated heterocycles. The summed E-state index contributed by atoms with van der Waals surface area (Å²) in [6, 6.07) is 11.2. The van der Waals surface area contributed by atoms with Gasteiger partial charge in [-0.25, -0.2) is 9.78 Å². The first-order valence-electron chi connectivity index (χ1n) is 11.7. The van der Waals surface area contributed by atoms with Crippen LogP contribution in [0.3, 0.4) is 0 Å². The molecule has 1 aromatic carbocycles.